The van der Waals surface area contributed by atoms with E-state index in [0.717, 1.165) is 17.0 Å². The Balaban J connectivity index is 2.02. The molecule has 132 valence electrons. The molecule has 24 heavy (non-hydrogen) atoms. The van der Waals surface area contributed by atoms with Gasteiger partial charge >= 0.3 is 0 Å². The fraction of sp³-hybridized carbons (Fsp3) is 0.467. The van der Waals surface area contributed by atoms with Crippen LogP contribution < -0.4 is 0 Å². The number of benzene rings is 1. The Morgan fingerprint density at radius 2 is 1.79 bits per heavy atom. The molecule has 0 radical (unpaired) electrons. The van der Waals surface area contributed by atoms with Crippen LogP contribution in [-0.4, -0.2) is 73.8 Å². The Kier molecular flexibility index (Phi) is 5.89. The van der Waals surface area contributed by atoms with Crippen LogP contribution in [0.25, 0.3) is 0 Å². The average Bonchev–Trinajstić information content (AvgIpc) is 2.55. The minimum Gasteiger partial charge on any atom is -0.342 e. The largest absolute Gasteiger partial charge is 0.342 e. The molecule has 9 heteroatoms. The van der Waals surface area contributed by atoms with Crippen LogP contribution in [0.15, 0.2) is 24.3 Å². The number of rotatable bonds is 6. The van der Waals surface area contributed by atoms with Crippen molar-refractivity contribution in [2.24, 2.45) is 0 Å². The monoisotopic (exact) mass is 357 g/mol. The van der Waals surface area contributed by atoms with Gasteiger partial charge in [0, 0.05) is 32.7 Å². The number of carbonyl (C=O) groups excluding carboxylic acids is 2. The first-order valence-corrected chi connectivity index (χ1v) is 9.31. The van der Waals surface area contributed by atoms with Crippen molar-refractivity contribution < 1.29 is 22.4 Å². The van der Waals surface area contributed by atoms with E-state index in [9.17, 15) is 22.4 Å². The fourth-order valence-electron chi connectivity index (χ4n) is 2.41. The maximum Gasteiger partial charge on any atom is 0.238 e. The number of halogens is 1. The van der Waals surface area contributed by atoms with Crippen LogP contribution in [0.4, 0.5) is 4.39 Å². The summed E-state index contributed by atoms with van der Waals surface area (Å²) in [6.07, 6.45) is 1.77. The fourth-order valence-corrected chi connectivity index (χ4v) is 3.14. The van der Waals surface area contributed by atoms with E-state index >= 15 is 0 Å². The summed E-state index contributed by atoms with van der Waals surface area (Å²) in [7, 11) is -3.60. The van der Waals surface area contributed by atoms with Crippen molar-refractivity contribution >= 4 is 22.3 Å². The summed E-state index contributed by atoms with van der Waals surface area (Å²) in [6, 6.07) is 5.47. The molecule has 0 atom stereocenters. The molecule has 0 aromatic heterocycles. The molecule has 1 aliphatic heterocycles. The van der Waals surface area contributed by atoms with E-state index in [2.05, 4.69) is 0 Å². The van der Waals surface area contributed by atoms with Gasteiger partial charge in [-0.1, -0.05) is 12.1 Å². The van der Waals surface area contributed by atoms with Gasteiger partial charge in [0.1, 0.15) is 5.82 Å². The van der Waals surface area contributed by atoms with Crippen molar-refractivity contribution in [1.29, 1.82) is 0 Å². The summed E-state index contributed by atoms with van der Waals surface area (Å²) in [5, 5.41) is 0. The summed E-state index contributed by atoms with van der Waals surface area (Å²) in [5.41, 5.74) is 0.598. The van der Waals surface area contributed by atoms with Gasteiger partial charge in [0.2, 0.25) is 22.3 Å². The standard InChI is InChI=1S/C15H20FN3O4S/c1-24(22,23)19(10-13-2-4-14(16)5-3-13)11-15(21)18-8-6-17(12-20)7-9-18/h2-5,12H,6-11H2,1H3. The lowest BCUT2D eigenvalue weighted by Gasteiger charge is -2.33. The Bertz CT molecular complexity index is 685. The molecular formula is C15H20FN3O4S. The molecule has 0 saturated carbocycles. The normalized spacial score (nSPS) is 15.6. The van der Waals surface area contributed by atoms with E-state index in [4.69, 9.17) is 0 Å². The Labute approximate surface area is 140 Å². The highest BCUT2D eigenvalue weighted by Crippen LogP contribution is 2.11. The van der Waals surface area contributed by atoms with Gasteiger partial charge in [0.15, 0.2) is 0 Å². The average molecular weight is 357 g/mol. The molecule has 1 aliphatic rings. The number of nitrogens with zero attached hydrogens (tertiary/aromatic N) is 3. The van der Waals surface area contributed by atoms with Gasteiger partial charge < -0.3 is 9.80 Å². The van der Waals surface area contributed by atoms with Crippen LogP contribution in [0.1, 0.15) is 5.56 Å². The molecule has 0 N–H and O–H groups in total. The number of hydrogen-bond donors (Lipinski definition) is 0. The smallest absolute Gasteiger partial charge is 0.238 e. The second-order valence-corrected chi connectivity index (χ2v) is 7.66. The highest BCUT2D eigenvalue weighted by atomic mass is 32.2. The Hall–Kier alpha value is -2.00. The van der Waals surface area contributed by atoms with Crippen LogP contribution in [0.2, 0.25) is 0 Å². The molecule has 1 aromatic carbocycles. The van der Waals surface area contributed by atoms with Crippen molar-refractivity contribution in [3.8, 4) is 0 Å². The zero-order valence-electron chi connectivity index (χ0n) is 13.4. The molecule has 2 amide bonds. The molecule has 0 bridgehead atoms. The van der Waals surface area contributed by atoms with E-state index in [1.807, 2.05) is 0 Å². The van der Waals surface area contributed by atoms with Gasteiger partial charge in [-0.3, -0.25) is 9.59 Å². The maximum atomic E-state index is 13.0. The third kappa shape index (κ3) is 5.00. The molecule has 0 aliphatic carbocycles. The van der Waals surface area contributed by atoms with Gasteiger partial charge in [0.05, 0.1) is 12.8 Å². The van der Waals surface area contributed by atoms with Crippen LogP contribution in [0, 0.1) is 5.82 Å². The van der Waals surface area contributed by atoms with Gasteiger partial charge in [-0.05, 0) is 17.7 Å². The predicted molar refractivity (Wildman–Crippen MR) is 85.9 cm³/mol. The van der Waals surface area contributed by atoms with Crippen LogP contribution in [0.5, 0.6) is 0 Å². The van der Waals surface area contributed by atoms with Crippen molar-refractivity contribution in [3.05, 3.63) is 35.6 Å². The molecule has 2 rings (SSSR count). The summed E-state index contributed by atoms with van der Waals surface area (Å²) in [5.74, 6) is -0.720. The summed E-state index contributed by atoms with van der Waals surface area (Å²) in [4.78, 5) is 26.1. The Morgan fingerprint density at radius 3 is 2.29 bits per heavy atom. The third-order valence-electron chi connectivity index (χ3n) is 3.87. The molecule has 1 fully saturated rings. The van der Waals surface area contributed by atoms with Gasteiger partial charge in [-0.25, -0.2) is 12.8 Å². The van der Waals surface area contributed by atoms with Gasteiger partial charge in [0.25, 0.3) is 0 Å². The second kappa shape index (κ2) is 7.71. The first kappa shape index (κ1) is 18.3. The topological polar surface area (TPSA) is 78.0 Å². The zero-order chi connectivity index (χ0) is 17.7. The lowest BCUT2D eigenvalue weighted by atomic mass is 10.2. The molecule has 7 nitrogen and oxygen atoms in total. The number of carbonyl (C=O) groups is 2. The maximum absolute atomic E-state index is 13.0. The second-order valence-electron chi connectivity index (χ2n) is 5.68. The van der Waals surface area contributed by atoms with Crippen molar-refractivity contribution in [2.45, 2.75) is 6.54 Å². The zero-order valence-corrected chi connectivity index (χ0v) is 14.2. The molecule has 0 spiro atoms. The quantitative estimate of drug-likeness (QED) is 0.666. The first-order valence-electron chi connectivity index (χ1n) is 7.46. The molecule has 1 heterocycles. The number of piperazine rings is 1. The van der Waals surface area contributed by atoms with E-state index in [1.165, 1.54) is 24.3 Å². The van der Waals surface area contributed by atoms with Crippen molar-refractivity contribution in [2.75, 3.05) is 39.0 Å². The highest BCUT2D eigenvalue weighted by Gasteiger charge is 2.26. The lowest BCUT2D eigenvalue weighted by Crippen LogP contribution is -2.51. The highest BCUT2D eigenvalue weighted by molar-refractivity contribution is 7.88. The SMILES string of the molecule is CS(=O)(=O)N(CC(=O)N1CCN(C=O)CC1)Cc1ccc(F)cc1. The van der Waals surface area contributed by atoms with Crippen LogP contribution in [-0.2, 0) is 26.2 Å². The van der Waals surface area contributed by atoms with E-state index in [0.29, 0.717) is 31.7 Å². The summed E-state index contributed by atoms with van der Waals surface area (Å²) >= 11 is 0. The minimum absolute atomic E-state index is 0.000837. The van der Waals surface area contributed by atoms with Gasteiger partial charge in [-0.15, -0.1) is 0 Å². The number of sulfonamides is 1. The van der Waals surface area contributed by atoms with Crippen LogP contribution in [0.3, 0.4) is 0 Å². The van der Waals surface area contributed by atoms with Crippen molar-refractivity contribution in [1.82, 2.24) is 14.1 Å². The van der Waals surface area contributed by atoms with E-state index in [-0.39, 0.29) is 19.0 Å². The minimum atomic E-state index is -3.60. The third-order valence-corrected chi connectivity index (χ3v) is 5.07. The lowest BCUT2D eigenvalue weighted by molar-refractivity contribution is -0.135. The summed E-state index contributed by atoms with van der Waals surface area (Å²) < 4.78 is 37.9. The number of amides is 2. The molecule has 1 aromatic rings. The van der Waals surface area contributed by atoms with Crippen molar-refractivity contribution in [3.63, 3.8) is 0 Å². The molecule has 0 unspecified atom stereocenters. The van der Waals surface area contributed by atoms with E-state index < -0.39 is 15.8 Å². The number of hydrogen-bond acceptors (Lipinski definition) is 4. The summed E-state index contributed by atoms with van der Waals surface area (Å²) in [6.45, 7) is 1.35. The van der Waals surface area contributed by atoms with Gasteiger partial charge in [-0.2, -0.15) is 4.31 Å². The molecular weight excluding hydrogens is 337 g/mol. The first-order chi connectivity index (χ1) is 11.3. The van der Waals surface area contributed by atoms with E-state index in [1.54, 1.807) is 9.80 Å². The predicted octanol–water partition coefficient (Wildman–Crippen LogP) is -0.112. The Morgan fingerprint density at radius 1 is 1.21 bits per heavy atom. The molecule has 1 saturated heterocycles. The van der Waals surface area contributed by atoms with Crippen LogP contribution >= 0.6 is 0 Å².